The third-order valence-electron chi connectivity index (χ3n) is 4.18. The van der Waals surface area contributed by atoms with E-state index in [-0.39, 0.29) is 5.91 Å². The van der Waals surface area contributed by atoms with Gasteiger partial charge < -0.3 is 15.8 Å². The van der Waals surface area contributed by atoms with Gasteiger partial charge in [-0.3, -0.25) is 4.79 Å². The third kappa shape index (κ3) is 3.46. The number of thiophene rings is 1. The second kappa shape index (κ2) is 7.47. The Kier molecular flexibility index (Phi) is 5.02. The number of anilines is 2. The smallest absolute Gasteiger partial charge is 0.267 e. The molecule has 8 heteroatoms. The van der Waals surface area contributed by atoms with Gasteiger partial charge in [0.1, 0.15) is 15.5 Å². The molecule has 0 bridgehead atoms. The molecule has 5 nitrogen and oxygen atoms in total. The van der Waals surface area contributed by atoms with Crippen molar-refractivity contribution in [1.82, 2.24) is 4.98 Å². The van der Waals surface area contributed by atoms with Gasteiger partial charge in [-0.1, -0.05) is 23.2 Å². The third-order valence-corrected chi connectivity index (χ3v) is 5.86. The summed E-state index contributed by atoms with van der Waals surface area (Å²) in [6.45, 7) is 2.51. The highest BCUT2D eigenvalue weighted by molar-refractivity contribution is 7.21. The van der Waals surface area contributed by atoms with Gasteiger partial charge in [-0.15, -0.1) is 11.3 Å². The van der Waals surface area contributed by atoms with Crippen LogP contribution in [0.5, 0.6) is 5.75 Å². The number of halogens is 2. The standard InChI is InChI=1S/C20H15Cl2N3O2S/c1-2-27-12-4-6-15-10(7-12)8-13-17(23)18(28-20(13)25-15)19(26)24-16-9-11(21)3-5-14(16)22/h3-9H,2,23H2,1H3,(H,24,26). The number of carbonyl (C=O) groups is 1. The second-order valence-electron chi connectivity index (χ2n) is 6.05. The highest BCUT2D eigenvalue weighted by Crippen LogP contribution is 2.36. The van der Waals surface area contributed by atoms with Crippen molar-refractivity contribution in [3.63, 3.8) is 0 Å². The minimum Gasteiger partial charge on any atom is -0.494 e. The molecule has 4 aromatic rings. The first kappa shape index (κ1) is 18.8. The molecule has 142 valence electrons. The van der Waals surface area contributed by atoms with Gasteiger partial charge in [-0.05, 0) is 49.4 Å². The summed E-state index contributed by atoms with van der Waals surface area (Å²) in [4.78, 5) is 18.5. The number of fused-ring (bicyclic) bond motifs is 2. The number of benzene rings is 2. The Labute approximate surface area is 175 Å². The van der Waals surface area contributed by atoms with Crippen molar-refractivity contribution in [1.29, 1.82) is 0 Å². The lowest BCUT2D eigenvalue weighted by atomic mass is 10.1. The van der Waals surface area contributed by atoms with E-state index < -0.39 is 0 Å². The van der Waals surface area contributed by atoms with E-state index in [1.165, 1.54) is 11.3 Å². The van der Waals surface area contributed by atoms with E-state index in [1.54, 1.807) is 18.2 Å². The van der Waals surface area contributed by atoms with Crippen molar-refractivity contribution in [3.05, 3.63) is 57.4 Å². The first-order valence-electron chi connectivity index (χ1n) is 8.48. The number of nitrogen functional groups attached to an aromatic ring is 1. The number of amides is 1. The fourth-order valence-corrected chi connectivity index (χ4v) is 4.20. The predicted molar refractivity (Wildman–Crippen MR) is 117 cm³/mol. The van der Waals surface area contributed by atoms with Crippen molar-refractivity contribution in [2.45, 2.75) is 6.92 Å². The molecule has 2 aromatic heterocycles. The van der Waals surface area contributed by atoms with Crippen LogP contribution in [0.25, 0.3) is 21.1 Å². The molecule has 4 rings (SSSR count). The molecule has 0 aliphatic rings. The van der Waals surface area contributed by atoms with Crippen molar-refractivity contribution in [3.8, 4) is 5.75 Å². The number of hydrogen-bond acceptors (Lipinski definition) is 5. The van der Waals surface area contributed by atoms with Gasteiger partial charge in [0.25, 0.3) is 5.91 Å². The molecule has 2 heterocycles. The van der Waals surface area contributed by atoms with Crippen LogP contribution in [0.2, 0.25) is 10.0 Å². The van der Waals surface area contributed by atoms with Crippen LogP contribution < -0.4 is 15.8 Å². The number of carbonyl (C=O) groups excluding carboxylic acids is 1. The van der Waals surface area contributed by atoms with E-state index in [0.717, 1.165) is 22.0 Å². The monoisotopic (exact) mass is 431 g/mol. The Morgan fingerprint density at radius 2 is 2.04 bits per heavy atom. The summed E-state index contributed by atoms with van der Waals surface area (Å²) < 4.78 is 5.54. The van der Waals surface area contributed by atoms with Crippen LogP contribution in [0.1, 0.15) is 16.6 Å². The molecule has 2 aromatic carbocycles. The van der Waals surface area contributed by atoms with Crippen LogP contribution in [-0.2, 0) is 0 Å². The average Bonchev–Trinajstić information content (AvgIpc) is 2.99. The summed E-state index contributed by atoms with van der Waals surface area (Å²) in [5.74, 6) is 0.405. The first-order valence-corrected chi connectivity index (χ1v) is 10.1. The largest absolute Gasteiger partial charge is 0.494 e. The van der Waals surface area contributed by atoms with Crippen molar-refractivity contribution < 1.29 is 9.53 Å². The molecule has 28 heavy (non-hydrogen) atoms. The Morgan fingerprint density at radius 3 is 2.82 bits per heavy atom. The van der Waals surface area contributed by atoms with Gasteiger partial charge in [0.15, 0.2) is 0 Å². The number of aromatic nitrogens is 1. The number of nitrogens with zero attached hydrogens (tertiary/aromatic N) is 1. The topological polar surface area (TPSA) is 77.2 Å². The Bertz CT molecular complexity index is 1220. The van der Waals surface area contributed by atoms with Crippen molar-refractivity contribution >= 4 is 72.9 Å². The minimum absolute atomic E-state index is 0.358. The molecule has 0 radical (unpaired) electrons. The molecule has 0 unspecified atom stereocenters. The van der Waals surface area contributed by atoms with Gasteiger partial charge >= 0.3 is 0 Å². The lowest BCUT2D eigenvalue weighted by Crippen LogP contribution is -2.12. The van der Waals surface area contributed by atoms with E-state index in [9.17, 15) is 4.79 Å². The molecule has 0 fully saturated rings. The van der Waals surface area contributed by atoms with Crippen LogP contribution in [0.4, 0.5) is 11.4 Å². The molecule has 0 saturated carbocycles. The molecule has 0 aliphatic carbocycles. The lowest BCUT2D eigenvalue weighted by Gasteiger charge is -2.07. The Balaban J connectivity index is 1.74. The van der Waals surface area contributed by atoms with E-state index in [2.05, 4.69) is 10.3 Å². The van der Waals surface area contributed by atoms with Gasteiger partial charge in [0.2, 0.25) is 0 Å². The molecule has 3 N–H and O–H groups in total. The zero-order chi connectivity index (χ0) is 19.8. The van der Waals surface area contributed by atoms with Gasteiger partial charge in [-0.2, -0.15) is 0 Å². The van der Waals surface area contributed by atoms with E-state index in [0.29, 0.717) is 37.7 Å². The SMILES string of the molecule is CCOc1ccc2nc3sc(C(=O)Nc4cc(Cl)ccc4Cl)c(N)c3cc2c1. The highest BCUT2D eigenvalue weighted by Gasteiger charge is 2.19. The van der Waals surface area contributed by atoms with Gasteiger partial charge in [0.05, 0.1) is 28.5 Å². The van der Waals surface area contributed by atoms with Gasteiger partial charge in [0, 0.05) is 15.8 Å². The fraction of sp³-hybridized carbons (Fsp3) is 0.100. The quantitative estimate of drug-likeness (QED) is 0.415. The van der Waals surface area contributed by atoms with E-state index in [4.69, 9.17) is 33.7 Å². The normalized spacial score (nSPS) is 11.1. The molecule has 0 atom stereocenters. The molecular formula is C20H15Cl2N3O2S. The van der Waals surface area contributed by atoms with E-state index in [1.807, 2.05) is 31.2 Å². The molecule has 0 aliphatic heterocycles. The molecular weight excluding hydrogens is 417 g/mol. The van der Waals surface area contributed by atoms with Crippen molar-refractivity contribution in [2.24, 2.45) is 0 Å². The Hall–Kier alpha value is -2.54. The molecule has 0 saturated heterocycles. The summed E-state index contributed by atoms with van der Waals surface area (Å²) in [6, 6.07) is 12.5. The van der Waals surface area contributed by atoms with Crippen molar-refractivity contribution in [2.75, 3.05) is 17.7 Å². The fourth-order valence-electron chi connectivity index (χ4n) is 2.88. The number of nitrogens with two attached hydrogens (primary N) is 1. The number of rotatable bonds is 4. The van der Waals surface area contributed by atoms with Crippen LogP contribution in [0.15, 0.2) is 42.5 Å². The Morgan fingerprint density at radius 1 is 1.21 bits per heavy atom. The highest BCUT2D eigenvalue weighted by atomic mass is 35.5. The second-order valence-corrected chi connectivity index (χ2v) is 7.89. The maximum atomic E-state index is 12.8. The summed E-state index contributed by atoms with van der Waals surface area (Å²) in [7, 11) is 0. The maximum absolute atomic E-state index is 12.8. The first-order chi connectivity index (χ1) is 13.5. The lowest BCUT2D eigenvalue weighted by molar-refractivity contribution is 0.103. The van der Waals surface area contributed by atoms with Crippen LogP contribution in [0.3, 0.4) is 0 Å². The predicted octanol–water partition coefficient (Wildman–Crippen LogP) is 5.99. The summed E-state index contributed by atoms with van der Waals surface area (Å²) in [6.07, 6.45) is 0. The number of pyridine rings is 1. The maximum Gasteiger partial charge on any atom is 0.267 e. The zero-order valence-corrected chi connectivity index (χ0v) is 17.1. The zero-order valence-electron chi connectivity index (χ0n) is 14.8. The summed E-state index contributed by atoms with van der Waals surface area (Å²) >= 11 is 13.4. The summed E-state index contributed by atoms with van der Waals surface area (Å²) in [5, 5.41) is 5.26. The number of nitrogens with one attached hydrogen (secondary N) is 1. The molecule has 0 spiro atoms. The van der Waals surface area contributed by atoms with Crippen LogP contribution >= 0.6 is 34.5 Å². The number of ether oxygens (including phenoxy) is 1. The van der Waals surface area contributed by atoms with E-state index >= 15 is 0 Å². The average molecular weight is 432 g/mol. The summed E-state index contributed by atoms with van der Waals surface area (Å²) in [5.41, 5.74) is 7.88. The van der Waals surface area contributed by atoms with Crippen LogP contribution in [-0.4, -0.2) is 17.5 Å². The number of hydrogen-bond donors (Lipinski definition) is 2. The molecule has 1 amide bonds. The van der Waals surface area contributed by atoms with Gasteiger partial charge in [-0.25, -0.2) is 4.98 Å². The minimum atomic E-state index is -0.358. The van der Waals surface area contributed by atoms with Crippen LogP contribution in [0, 0.1) is 0 Å².